The van der Waals surface area contributed by atoms with Crippen LogP contribution in [0.15, 0.2) is 85.6 Å². The van der Waals surface area contributed by atoms with E-state index >= 15 is 0 Å². The van der Waals surface area contributed by atoms with Crippen LogP contribution in [0.4, 0.5) is 0 Å². The van der Waals surface area contributed by atoms with Crippen LogP contribution in [0.25, 0.3) is 10.8 Å². The van der Waals surface area contributed by atoms with E-state index in [1.165, 1.54) is 6.21 Å². The second-order valence-electron chi connectivity index (χ2n) is 7.32. The first-order valence-corrected chi connectivity index (χ1v) is 11.8. The molecule has 1 unspecified atom stereocenters. The van der Waals surface area contributed by atoms with Crippen molar-refractivity contribution in [3.8, 4) is 5.75 Å². The number of benzene rings is 3. The summed E-state index contributed by atoms with van der Waals surface area (Å²) in [5.74, 6) is -1.14. The molecule has 4 aromatic rings. The lowest BCUT2D eigenvalue weighted by atomic mass is 10.0. The zero-order valence-electron chi connectivity index (χ0n) is 17.8. The first-order chi connectivity index (χ1) is 16.8. The summed E-state index contributed by atoms with van der Waals surface area (Å²) in [7, 11) is 0. The number of hydrazone groups is 1. The molecular formula is C24H17Br2N5O4. The number of hydrogen-bond donors (Lipinski definition) is 4. The summed E-state index contributed by atoms with van der Waals surface area (Å²) < 4.78 is 0.883. The zero-order valence-corrected chi connectivity index (χ0v) is 21.0. The second-order valence-corrected chi connectivity index (χ2v) is 9.03. The van der Waals surface area contributed by atoms with Crippen molar-refractivity contribution in [2.24, 2.45) is 5.10 Å². The third-order valence-corrected chi connectivity index (χ3v) is 6.21. The number of nitrogens with zero attached hydrogens (tertiary/aromatic N) is 2. The average Bonchev–Trinajstić information content (AvgIpc) is 2.87. The molecule has 4 rings (SSSR count). The van der Waals surface area contributed by atoms with Gasteiger partial charge in [-0.1, -0.05) is 36.4 Å². The smallest absolute Gasteiger partial charge is 0.272 e. The van der Waals surface area contributed by atoms with Crippen molar-refractivity contribution in [1.82, 2.24) is 20.9 Å². The largest absolute Gasteiger partial charge is 0.506 e. The molecule has 0 fully saturated rings. The van der Waals surface area contributed by atoms with Gasteiger partial charge in [0.2, 0.25) is 0 Å². The van der Waals surface area contributed by atoms with E-state index in [4.69, 9.17) is 0 Å². The van der Waals surface area contributed by atoms with E-state index in [1.807, 2.05) is 0 Å². The zero-order chi connectivity index (χ0) is 24.9. The van der Waals surface area contributed by atoms with Gasteiger partial charge < -0.3 is 10.4 Å². The summed E-state index contributed by atoms with van der Waals surface area (Å²) in [5.41, 5.74) is 3.08. The number of rotatable bonds is 6. The molecule has 35 heavy (non-hydrogen) atoms. The normalized spacial score (nSPS) is 11.9. The van der Waals surface area contributed by atoms with E-state index in [2.05, 4.69) is 57.9 Å². The van der Waals surface area contributed by atoms with Gasteiger partial charge in [0.15, 0.2) is 6.04 Å². The van der Waals surface area contributed by atoms with Gasteiger partial charge in [0, 0.05) is 10.9 Å². The summed E-state index contributed by atoms with van der Waals surface area (Å²) in [6.45, 7) is 0. The molecule has 2 amide bonds. The van der Waals surface area contributed by atoms with Crippen molar-refractivity contribution in [3.63, 3.8) is 0 Å². The number of phenols is 1. The molecule has 0 saturated carbocycles. The quantitative estimate of drug-likeness (QED) is 0.198. The van der Waals surface area contributed by atoms with Gasteiger partial charge in [-0.3, -0.25) is 14.4 Å². The lowest BCUT2D eigenvalue weighted by Crippen LogP contribution is -2.40. The summed E-state index contributed by atoms with van der Waals surface area (Å²) in [6.07, 6.45) is 1.38. The van der Waals surface area contributed by atoms with Crippen LogP contribution in [0.5, 0.6) is 5.75 Å². The molecule has 0 saturated heterocycles. The standard InChI is InChI=1S/C24H17Br2N5O4/c25-17-10-13(11-18(26)21(17)32)12-27-30-24(35)20(28-22(33)14-6-2-1-3-7-14)19-15-8-4-5-9-16(15)23(34)31-29-19/h1-12,20,32H,(H,28,33)(H,30,35)(H,31,34). The number of aromatic hydroxyl groups is 1. The highest BCUT2D eigenvalue weighted by Crippen LogP contribution is 2.32. The van der Waals surface area contributed by atoms with E-state index in [0.29, 0.717) is 30.8 Å². The molecule has 0 aliphatic carbocycles. The van der Waals surface area contributed by atoms with Crippen LogP contribution in [0.2, 0.25) is 0 Å². The first kappa shape index (κ1) is 24.3. The third-order valence-electron chi connectivity index (χ3n) is 5.00. The van der Waals surface area contributed by atoms with Gasteiger partial charge in [0.25, 0.3) is 17.4 Å². The fourth-order valence-electron chi connectivity index (χ4n) is 3.31. The van der Waals surface area contributed by atoms with Gasteiger partial charge in [-0.05, 0) is 67.8 Å². The highest BCUT2D eigenvalue weighted by Gasteiger charge is 2.27. The van der Waals surface area contributed by atoms with E-state index in [0.717, 1.165) is 0 Å². The molecule has 176 valence electrons. The molecule has 0 bridgehead atoms. The molecular weight excluding hydrogens is 582 g/mol. The maximum Gasteiger partial charge on any atom is 0.272 e. The summed E-state index contributed by atoms with van der Waals surface area (Å²) in [4.78, 5) is 38.3. The van der Waals surface area contributed by atoms with Gasteiger partial charge in [0.1, 0.15) is 11.4 Å². The molecule has 9 nitrogen and oxygen atoms in total. The van der Waals surface area contributed by atoms with Crippen LogP contribution in [0.1, 0.15) is 27.7 Å². The highest BCUT2D eigenvalue weighted by atomic mass is 79.9. The predicted molar refractivity (Wildman–Crippen MR) is 138 cm³/mol. The average molecular weight is 599 g/mol. The number of nitrogens with one attached hydrogen (secondary N) is 3. The Balaban J connectivity index is 1.67. The Morgan fingerprint density at radius 2 is 1.63 bits per heavy atom. The Bertz CT molecular complexity index is 1480. The molecule has 0 spiro atoms. The number of hydrogen-bond acceptors (Lipinski definition) is 6. The fraction of sp³-hybridized carbons (Fsp3) is 0.0417. The lowest BCUT2D eigenvalue weighted by Gasteiger charge is -2.18. The van der Waals surface area contributed by atoms with Crippen LogP contribution in [-0.4, -0.2) is 33.3 Å². The first-order valence-electron chi connectivity index (χ1n) is 10.2. The van der Waals surface area contributed by atoms with E-state index < -0.39 is 23.4 Å². The van der Waals surface area contributed by atoms with Crippen molar-refractivity contribution in [3.05, 3.63) is 103 Å². The van der Waals surface area contributed by atoms with E-state index in [-0.39, 0.29) is 11.4 Å². The van der Waals surface area contributed by atoms with Gasteiger partial charge in [-0.25, -0.2) is 10.5 Å². The van der Waals surface area contributed by atoms with Gasteiger partial charge >= 0.3 is 0 Å². The number of aromatic amines is 1. The van der Waals surface area contributed by atoms with Crippen LogP contribution < -0.4 is 16.3 Å². The second kappa shape index (κ2) is 10.6. The van der Waals surface area contributed by atoms with Gasteiger partial charge in [0.05, 0.1) is 20.5 Å². The van der Waals surface area contributed by atoms with Crippen LogP contribution in [-0.2, 0) is 4.79 Å². The number of carbonyl (C=O) groups is 2. The number of phenolic OH excluding ortho intramolecular Hbond substituents is 1. The SMILES string of the molecule is O=C(NC(C(=O)NN=Cc1cc(Br)c(O)c(Br)c1)c1n[nH]c(=O)c2ccccc12)c1ccccc1. The predicted octanol–water partition coefficient (Wildman–Crippen LogP) is 3.78. The van der Waals surface area contributed by atoms with Crippen molar-refractivity contribution in [2.45, 2.75) is 6.04 Å². The third kappa shape index (κ3) is 5.47. The van der Waals surface area contributed by atoms with Gasteiger partial charge in [-0.2, -0.15) is 10.2 Å². The number of fused-ring (bicyclic) bond motifs is 1. The Morgan fingerprint density at radius 3 is 2.31 bits per heavy atom. The van der Waals surface area contributed by atoms with Crippen LogP contribution in [0, 0.1) is 0 Å². The monoisotopic (exact) mass is 597 g/mol. The van der Waals surface area contributed by atoms with Crippen molar-refractivity contribution < 1.29 is 14.7 Å². The maximum absolute atomic E-state index is 13.2. The van der Waals surface area contributed by atoms with Crippen LogP contribution >= 0.6 is 31.9 Å². The molecule has 0 aliphatic heterocycles. The Morgan fingerprint density at radius 1 is 1.00 bits per heavy atom. The van der Waals surface area contributed by atoms with Crippen molar-refractivity contribution in [2.75, 3.05) is 0 Å². The molecule has 0 radical (unpaired) electrons. The molecule has 4 N–H and O–H groups in total. The topological polar surface area (TPSA) is 137 Å². The number of amides is 2. The van der Waals surface area contributed by atoms with Crippen molar-refractivity contribution >= 4 is 60.7 Å². The molecule has 0 aliphatic rings. The summed E-state index contributed by atoms with van der Waals surface area (Å²) in [5, 5.41) is 23.7. The minimum atomic E-state index is -1.26. The highest BCUT2D eigenvalue weighted by molar-refractivity contribution is 9.11. The van der Waals surface area contributed by atoms with E-state index in [1.54, 1.807) is 66.7 Å². The minimum Gasteiger partial charge on any atom is -0.506 e. The molecule has 3 aromatic carbocycles. The van der Waals surface area contributed by atoms with Crippen LogP contribution in [0.3, 0.4) is 0 Å². The number of carbonyl (C=O) groups excluding carboxylic acids is 2. The van der Waals surface area contributed by atoms with Crippen molar-refractivity contribution in [1.29, 1.82) is 0 Å². The van der Waals surface area contributed by atoms with E-state index in [9.17, 15) is 19.5 Å². The Hall–Kier alpha value is -3.83. The fourth-order valence-corrected chi connectivity index (χ4v) is 4.53. The number of halogens is 2. The maximum atomic E-state index is 13.2. The summed E-state index contributed by atoms with van der Waals surface area (Å²) >= 11 is 6.47. The Kier molecular flexibility index (Phi) is 7.37. The molecule has 1 heterocycles. The molecule has 1 atom stereocenters. The lowest BCUT2D eigenvalue weighted by molar-refractivity contribution is -0.123. The minimum absolute atomic E-state index is 0.0332. The molecule has 1 aromatic heterocycles. The summed E-state index contributed by atoms with van der Waals surface area (Å²) in [6, 6.07) is 17.0. The number of H-pyrrole nitrogens is 1. The Labute approximate surface area is 215 Å². The van der Waals surface area contributed by atoms with Gasteiger partial charge in [-0.15, -0.1) is 0 Å². The molecule has 11 heteroatoms. The number of aromatic nitrogens is 2.